The minimum absolute atomic E-state index is 0. The van der Waals surface area contributed by atoms with Crippen molar-refractivity contribution in [2.45, 2.75) is 37.8 Å². The molecule has 0 spiro atoms. The fraction of sp³-hybridized carbons (Fsp3) is 0.571. The molecule has 2 aromatic rings. The molecule has 5 unspecified atom stereocenters. The number of carbonyl (C=O) groups excluding carboxylic acids is 1. The van der Waals surface area contributed by atoms with Gasteiger partial charge in [0.1, 0.15) is 0 Å². The highest BCUT2D eigenvalue weighted by Crippen LogP contribution is 2.49. The van der Waals surface area contributed by atoms with Crippen LogP contribution in [-0.4, -0.2) is 52.7 Å². The van der Waals surface area contributed by atoms with E-state index in [1.165, 1.54) is 29.3 Å². The summed E-state index contributed by atoms with van der Waals surface area (Å²) in [5, 5.41) is 11.8. The number of para-hydroxylation sites is 1. The van der Waals surface area contributed by atoms with Crippen molar-refractivity contribution in [2.75, 3.05) is 20.2 Å². The molecule has 28 heavy (non-hydrogen) atoms. The van der Waals surface area contributed by atoms with Crippen LogP contribution in [0.15, 0.2) is 24.3 Å². The SMILES string of the molecule is COC(=O)C1C(O)CCC2CN3CCc4c([nH]c5ccccc45)C3CC21.Cl.O. The number of hydrogen-bond donors (Lipinski definition) is 2. The molecular formula is C21H29ClN2O4. The average Bonchev–Trinajstić information content (AvgIpc) is 3.05. The van der Waals surface area contributed by atoms with Gasteiger partial charge in [0.2, 0.25) is 0 Å². The highest BCUT2D eigenvalue weighted by atomic mass is 35.5. The van der Waals surface area contributed by atoms with Crippen molar-refractivity contribution in [3.63, 3.8) is 0 Å². The summed E-state index contributed by atoms with van der Waals surface area (Å²) in [5.74, 6) is 0.0541. The molecule has 7 heteroatoms. The molecule has 1 saturated heterocycles. The molecule has 1 aromatic carbocycles. The third kappa shape index (κ3) is 3.12. The van der Waals surface area contributed by atoms with Gasteiger partial charge in [-0.1, -0.05) is 18.2 Å². The van der Waals surface area contributed by atoms with Crippen molar-refractivity contribution in [3.05, 3.63) is 35.5 Å². The zero-order valence-corrected chi connectivity index (χ0v) is 16.9. The van der Waals surface area contributed by atoms with Crippen LogP contribution in [0.2, 0.25) is 0 Å². The average molecular weight is 409 g/mol. The Morgan fingerprint density at radius 2 is 2.07 bits per heavy atom. The predicted molar refractivity (Wildman–Crippen MR) is 110 cm³/mol. The summed E-state index contributed by atoms with van der Waals surface area (Å²) < 4.78 is 5.04. The van der Waals surface area contributed by atoms with E-state index >= 15 is 0 Å². The number of aliphatic hydroxyl groups excluding tert-OH is 1. The number of piperidine rings is 1. The van der Waals surface area contributed by atoms with Crippen LogP contribution in [0.4, 0.5) is 0 Å². The Hall–Kier alpha value is -1.60. The standard InChI is InChI=1S/C21H26N2O3.ClH.H2O/c1-26-21(25)19-15-10-17-20-14(13-4-2-3-5-16(13)22-20)8-9-23(17)11-12(15)6-7-18(19)24;;/h2-5,12,15,17-19,22,24H,6-11H2,1H3;1H;1H2. The minimum atomic E-state index is -0.568. The van der Waals surface area contributed by atoms with Crippen LogP contribution >= 0.6 is 12.4 Å². The number of aromatic nitrogens is 1. The number of benzene rings is 1. The fourth-order valence-electron chi connectivity index (χ4n) is 5.80. The molecule has 154 valence electrons. The highest BCUT2D eigenvalue weighted by molar-refractivity contribution is 5.85. The van der Waals surface area contributed by atoms with Crippen LogP contribution in [0.5, 0.6) is 0 Å². The van der Waals surface area contributed by atoms with E-state index in [0.717, 1.165) is 32.4 Å². The molecular weight excluding hydrogens is 380 g/mol. The summed E-state index contributed by atoms with van der Waals surface area (Å²) >= 11 is 0. The van der Waals surface area contributed by atoms with Crippen LogP contribution in [0.25, 0.3) is 10.9 Å². The van der Waals surface area contributed by atoms with E-state index < -0.39 is 6.10 Å². The number of hydrogen-bond acceptors (Lipinski definition) is 4. The fourth-order valence-corrected chi connectivity index (χ4v) is 5.80. The normalized spacial score (nSPS) is 31.6. The number of methoxy groups -OCH3 is 1. The lowest BCUT2D eigenvalue weighted by Gasteiger charge is -2.50. The first-order valence-electron chi connectivity index (χ1n) is 9.76. The van der Waals surface area contributed by atoms with E-state index in [-0.39, 0.29) is 35.7 Å². The van der Waals surface area contributed by atoms with E-state index in [1.807, 2.05) is 0 Å². The van der Waals surface area contributed by atoms with E-state index in [0.29, 0.717) is 18.4 Å². The second kappa shape index (κ2) is 8.03. The summed E-state index contributed by atoms with van der Waals surface area (Å²) in [5.41, 5.74) is 3.96. The summed E-state index contributed by atoms with van der Waals surface area (Å²) in [6, 6.07) is 8.83. The van der Waals surface area contributed by atoms with Crippen molar-refractivity contribution >= 4 is 29.3 Å². The number of rotatable bonds is 1. The van der Waals surface area contributed by atoms with Crippen LogP contribution in [0.3, 0.4) is 0 Å². The Balaban J connectivity index is 0.00000112. The van der Waals surface area contributed by atoms with Crippen molar-refractivity contribution in [2.24, 2.45) is 17.8 Å². The number of esters is 1. The molecule has 2 aliphatic heterocycles. The molecule has 1 aliphatic carbocycles. The third-order valence-corrected chi connectivity index (χ3v) is 7.02. The van der Waals surface area contributed by atoms with Crippen LogP contribution in [0, 0.1) is 17.8 Å². The van der Waals surface area contributed by atoms with Gasteiger partial charge in [-0.05, 0) is 49.1 Å². The van der Waals surface area contributed by atoms with Crippen LogP contribution in [-0.2, 0) is 16.0 Å². The number of fused-ring (bicyclic) bond motifs is 6. The first-order chi connectivity index (χ1) is 12.7. The molecule has 0 amide bonds. The smallest absolute Gasteiger partial charge is 0.311 e. The third-order valence-electron chi connectivity index (χ3n) is 7.02. The molecule has 1 saturated carbocycles. The van der Waals surface area contributed by atoms with Gasteiger partial charge in [-0.3, -0.25) is 9.69 Å². The summed E-state index contributed by atoms with van der Waals surface area (Å²) in [4.78, 5) is 18.6. The number of nitrogens with zero attached hydrogens (tertiary/aromatic N) is 1. The van der Waals surface area contributed by atoms with Crippen molar-refractivity contribution in [1.29, 1.82) is 0 Å². The Morgan fingerprint density at radius 3 is 2.86 bits per heavy atom. The van der Waals surface area contributed by atoms with Gasteiger partial charge in [0.25, 0.3) is 0 Å². The number of aliphatic hydroxyl groups is 1. The first kappa shape index (κ1) is 21.1. The molecule has 5 rings (SSSR count). The zero-order chi connectivity index (χ0) is 17.8. The van der Waals surface area contributed by atoms with E-state index in [9.17, 15) is 9.90 Å². The molecule has 5 atom stereocenters. The van der Waals surface area contributed by atoms with Gasteiger partial charge in [0.15, 0.2) is 0 Å². The molecule has 6 nitrogen and oxygen atoms in total. The Morgan fingerprint density at radius 1 is 1.29 bits per heavy atom. The molecule has 3 aliphatic rings. The van der Waals surface area contributed by atoms with Gasteiger partial charge in [-0.15, -0.1) is 12.4 Å². The summed E-state index contributed by atoms with van der Waals surface area (Å²) in [6.07, 6.45) is 3.14. The molecule has 1 aromatic heterocycles. The number of aromatic amines is 1. The Kier molecular flexibility index (Phi) is 6.05. The van der Waals surface area contributed by atoms with E-state index in [1.54, 1.807) is 0 Å². The highest BCUT2D eigenvalue weighted by Gasteiger charge is 2.49. The second-order valence-corrected chi connectivity index (χ2v) is 8.18. The second-order valence-electron chi connectivity index (χ2n) is 8.18. The Labute approximate surface area is 171 Å². The van der Waals surface area contributed by atoms with Crippen molar-refractivity contribution in [1.82, 2.24) is 9.88 Å². The van der Waals surface area contributed by atoms with Crippen molar-refractivity contribution < 1.29 is 20.1 Å². The van der Waals surface area contributed by atoms with Gasteiger partial charge in [0, 0.05) is 29.7 Å². The van der Waals surface area contributed by atoms with Gasteiger partial charge in [-0.25, -0.2) is 0 Å². The van der Waals surface area contributed by atoms with Crippen molar-refractivity contribution in [3.8, 4) is 0 Å². The lowest BCUT2D eigenvalue weighted by molar-refractivity contribution is -0.160. The number of carbonyl (C=O) groups is 1. The summed E-state index contributed by atoms with van der Waals surface area (Å²) in [7, 11) is 1.43. The quantitative estimate of drug-likeness (QED) is 0.707. The molecule has 2 fully saturated rings. The number of ether oxygens (including phenoxy) is 1. The molecule has 3 heterocycles. The van der Waals surface area contributed by atoms with Crippen LogP contribution < -0.4 is 0 Å². The topological polar surface area (TPSA) is 97.1 Å². The zero-order valence-electron chi connectivity index (χ0n) is 16.1. The van der Waals surface area contributed by atoms with Gasteiger partial charge < -0.3 is 20.3 Å². The van der Waals surface area contributed by atoms with Gasteiger partial charge in [0.05, 0.1) is 25.2 Å². The minimum Gasteiger partial charge on any atom is -0.469 e. The number of halogens is 1. The molecule has 0 bridgehead atoms. The molecule has 4 N–H and O–H groups in total. The lowest BCUT2D eigenvalue weighted by atomic mass is 9.65. The summed E-state index contributed by atoms with van der Waals surface area (Å²) in [6.45, 7) is 2.10. The monoisotopic (exact) mass is 408 g/mol. The van der Waals surface area contributed by atoms with Crippen LogP contribution in [0.1, 0.15) is 36.6 Å². The maximum absolute atomic E-state index is 12.4. The largest absolute Gasteiger partial charge is 0.469 e. The van der Waals surface area contributed by atoms with Gasteiger partial charge >= 0.3 is 5.97 Å². The number of nitrogens with one attached hydrogen (secondary N) is 1. The van der Waals surface area contributed by atoms with E-state index in [4.69, 9.17) is 4.74 Å². The first-order valence-corrected chi connectivity index (χ1v) is 9.76. The van der Waals surface area contributed by atoms with Gasteiger partial charge in [-0.2, -0.15) is 0 Å². The van der Waals surface area contributed by atoms with E-state index in [2.05, 4.69) is 34.1 Å². The maximum Gasteiger partial charge on any atom is 0.311 e. The Bertz CT molecular complexity index is 854. The number of H-pyrrole nitrogens is 1. The lowest BCUT2D eigenvalue weighted by Crippen LogP contribution is -2.53. The molecule has 0 radical (unpaired) electrons. The maximum atomic E-state index is 12.4. The predicted octanol–water partition coefficient (Wildman–Crippen LogP) is 2.24.